The van der Waals surface area contributed by atoms with Crippen LogP contribution in [-0.4, -0.2) is 62.4 Å². The van der Waals surface area contributed by atoms with Crippen LogP contribution in [-0.2, 0) is 45.5 Å². The number of benzene rings is 4. The highest BCUT2D eigenvalue weighted by Crippen LogP contribution is 2.33. The summed E-state index contributed by atoms with van der Waals surface area (Å²) in [5.41, 5.74) is 8.87. The number of nitrogens with zero attached hydrogens (tertiary/aromatic N) is 2. The Hall–Kier alpha value is -4.82. The van der Waals surface area contributed by atoms with Crippen molar-refractivity contribution in [3.05, 3.63) is 130 Å². The van der Waals surface area contributed by atoms with Gasteiger partial charge in [-0.25, -0.2) is 16.8 Å². The van der Waals surface area contributed by atoms with Gasteiger partial charge in [-0.2, -0.15) is 35.0 Å². The Morgan fingerprint density at radius 3 is 1.13 bits per heavy atom. The largest absolute Gasteiger partial charge is 0.416 e. The summed E-state index contributed by atoms with van der Waals surface area (Å²) < 4.78 is 140. The molecule has 0 saturated carbocycles. The van der Waals surface area contributed by atoms with E-state index in [4.69, 9.17) is 11.5 Å². The van der Waals surface area contributed by atoms with Crippen LogP contribution in [0.3, 0.4) is 0 Å². The summed E-state index contributed by atoms with van der Waals surface area (Å²) in [7, 11) is -9.22. The van der Waals surface area contributed by atoms with Crippen LogP contribution in [0.25, 0.3) is 0 Å². The van der Waals surface area contributed by atoms with E-state index in [1.54, 1.807) is 5.32 Å². The molecule has 1 aliphatic heterocycles. The van der Waals surface area contributed by atoms with E-state index in [1.807, 2.05) is 0 Å². The van der Waals surface area contributed by atoms with Gasteiger partial charge in [-0.05, 0) is 83.9 Å². The fourth-order valence-corrected chi connectivity index (χ4v) is 9.25. The molecule has 5 rings (SSSR count). The predicted octanol–water partition coefficient (Wildman–Crippen LogP) is 3.32. The monoisotopic (exact) mass is 784 g/mol. The first-order chi connectivity index (χ1) is 24.7. The third-order valence-electron chi connectivity index (χ3n) is 8.73. The summed E-state index contributed by atoms with van der Waals surface area (Å²) >= 11 is 0. The molecule has 6 N–H and O–H groups in total. The van der Waals surface area contributed by atoms with Gasteiger partial charge < -0.3 is 16.8 Å². The van der Waals surface area contributed by atoms with Crippen LogP contribution in [0, 0.1) is 0 Å². The molecule has 2 atom stereocenters. The normalized spacial score (nSPS) is 17.0. The zero-order valence-electron chi connectivity index (χ0n) is 27.4. The lowest BCUT2D eigenvalue weighted by Crippen LogP contribution is -2.82. The van der Waals surface area contributed by atoms with Crippen LogP contribution in [0.1, 0.15) is 43.0 Å². The van der Waals surface area contributed by atoms with Gasteiger partial charge in [0.2, 0.25) is 31.9 Å². The molecule has 53 heavy (non-hydrogen) atoms. The Morgan fingerprint density at radius 1 is 0.566 bits per heavy atom. The number of carbonyl (C=O) groups excluding carboxylic acids is 2. The number of quaternary nitrogens is 1. The molecule has 4 aromatic rings. The van der Waals surface area contributed by atoms with Crippen LogP contribution in [0.5, 0.6) is 0 Å². The van der Waals surface area contributed by atoms with Crippen molar-refractivity contribution in [3.8, 4) is 0 Å². The summed E-state index contributed by atoms with van der Waals surface area (Å²) in [5.74, 6) is -1.68. The Bertz CT molecular complexity index is 2020. The molecule has 1 saturated heterocycles. The van der Waals surface area contributed by atoms with Crippen molar-refractivity contribution >= 4 is 31.9 Å². The Labute approximate surface area is 300 Å². The zero-order valence-corrected chi connectivity index (χ0v) is 29.0. The van der Waals surface area contributed by atoms with Crippen LogP contribution in [0.15, 0.2) is 107 Å². The van der Waals surface area contributed by atoms with Crippen molar-refractivity contribution in [2.45, 2.75) is 47.3 Å². The summed E-state index contributed by atoms with van der Waals surface area (Å²) in [6.07, 6.45) is -9.36. The van der Waals surface area contributed by atoms with E-state index in [0.717, 1.165) is 81.4 Å². The number of carbonyl (C=O) groups is 2. The Morgan fingerprint density at radius 2 is 0.868 bits per heavy atom. The lowest BCUT2D eigenvalue weighted by molar-refractivity contribution is -0.638. The van der Waals surface area contributed by atoms with Crippen molar-refractivity contribution in [2.75, 3.05) is 13.1 Å². The molecule has 0 radical (unpaired) electrons. The number of hydrogen-bond acceptors (Lipinski definition) is 6. The molecule has 1 heterocycles. The van der Waals surface area contributed by atoms with Crippen molar-refractivity contribution < 1.29 is 58.1 Å². The van der Waals surface area contributed by atoms with Crippen molar-refractivity contribution in [1.82, 2.24) is 8.61 Å². The van der Waals surface area contributed by atoms with E-state index in [-0.39, 0.29) is 45.1 Å². The smallest absolute Gasteiger partial charge is 0.366 e. The van der Waals surface area contributed by atoms with Gasteiger partial charge in [-0.1, -0.05) is 24.3 Å². The second-order valence-corrected chi connectivity index (χ2v) is 15.9. The topological polar surface area (TPSA) is 178 Å². The van der Waals surface area contributed by atoms with E-state index >= 15 is 0 Å². The van der Waals surface area contributed by atoms with Gasteiger partial charge in [0, 0.05) is 24.2 Å². The minimum absolute atomic E-state index is 0.0125. The standard InChI is InChI=1S/C34H31F6N5O6S2/c35-33(36,37)25-9-1-21(2-10-25)19-44(52(48,49)27-13-5-23(6-14-27)31(41)46)29-17-43-18-30(29)45(20-22-3-11-26(12-4-22)34(38,39)40)53(50,51)28-15-7-24(8-16-28)32(42)47/h1-16,29-30,43H,17-20H2,(H2,41,46)(H2,42,47)/p+1/t29-,30-/m0/s1. The molecule has 0 aliphatic carbocycles. The van der Waals surface area contributed by atoms with Crippen LogP contribution in [0.2, 0.25) is 0 Å². The summed E-state index contributed by atoms with van der Waals surface area (Å²) in [6.45, 7) is -1.11. The SMILES string of the molecule is NC(=O)c1ccc(S(=O)(=O)N(Cc2ccc(C(F)(F)F)cc2)[C@H]2C[NH2+]C[C@@H]2N(Cc2ccc(C(F)(F)F)cc2)S(=O)(=O)c2ccc(C(N)=O)cc2)cc1. The van der Waals surface area contributed by atoms with E-state index < -0.39 is 80.5 Å². The number of halogens is 6. The lowest BCUT2D eigenvalue weighted by Gasteiger charge is -2.35. The summed E-state index contributed by atoms with van der Waals surface area (Å²) in [5, 5.41) is 1.63. The van der Waals surface area contributed by atoms with Gasteiger partial charge in [-0.15, -0.1) is 0 Å². The molecular weight excluding hydrogens is 753 g/mol. The van der Waals surface area contributed by atoms with Gasteiger partial charge in [0.1, 0.15) is 0 Å². The zero-order chi connectivity index (χ0) is 38.9. The molecule has 282 valence electrons. The number of alkyl halides is 6. The maximum Gasteiger partial charge on any atom is 0.416 e. The van der Waals surface area contributed by atoms with Gasteiger partial charge in [-0.3, -0.25) is 9.59 Å². The molecule has 4 aromatic carbocycles. The fraction of sp³-hybridized carbons (Fsp3) is 0.235. The number of hydrogen-bond donors (Lipinski definition) is 3. The second kappa shape index (κ2) is 14.9. The van der Waals surface area contributed by atoms with Crippen molar-refractivity contribution in [1.29, 1.82) is 0 Å². The minimum atomic E-state index is -4.68. The van der Waals surface area contributed by atoms with Gasteiger partial charge in [0.25, 0.3) is 0 Å². The first-order valence-corrected chi connectivity index (χ1v) is 18.5. The van der Waals surface area contributed by atoms with Crippen molar-refractivity contribution in [3.63, 3.8) is 0 Å². The Balaban J connectivity index is 1.62. The maximum absolute atomic E-state index is 14.4. The highest BCUT2D eigenvalue weighted by molar-refractivity contribution is 7.89. The van der Waals surface area contributed by atoms with Crippen LogP contribution in [0.4, 0.5) is 26.3 Å². The number of sulfonamides is 2. The molecule has 0 unspecified atom stereocenters. The number of nitrogens with two attached hydrogens (primary N) is 3. The van der Waals surface area contributed by atoms with Crippen molar-refractivity contribution in [2.24, 2.45) is 11.5 Å². The highest BCUT2D eigenvalue weighted by Gasteiger charge is 2.48. The Kier molecular flexibility index (Phi) is 11.1. The molecular formula is C34H32F6N5O6S2+. The van der Waals surface area contributed by atoms with E-state index in [9.17, 15) is 52.8 Å². The van der Waals surface area contributed by atoms with Crippen LogP contribution < -0.4 is 16.8 Å². The molecule has 11 nitrogen and oxygen atoms in total. The third kappa shape index (κ3) is 8.71. The quantitative estimate of drug-likeness (QED) is 0.186. The molecule has 0 bridgehead atoms. The fourth-order valence-electron chi connectivity index (χ4n) is 5.94. The van der Waals surface area contributed by atoms with E-state index in [0.29, 0.717) is 0 Å². The summed E-state index contributed by atoms with van der Waals surface area (Å²) in [4.78, 5) is 22.7. The maximum atomic E-state index is 14.4. The number of rotatable bonds is 12. The predicted molar refractivity (Wildman–Crippen MR) is 178 cm³/mol. The molecule has 0 spiro atoms. The molecule has 19 heteroatoms. The number of primary amides is 2. The molecule has 0 aromatic heterocycles. The van der Waals surface area contributed by atoms with E-state index in [1.165, 1.54) is 24.3 Å². The molecule has 1 aliphatic rings. The van der Waals surface area contributed by atoms with Gasteiger partial charge in [0.05, 0.1) is 46.1 Å². The van der Waals surface area contributed by atoms with Crippen LogP contribution >= 0.6 is 0 Å². The molecule has 1 fully saturated rings. The first kappa shape index (κ1) is 39.4. The average Bonchev–Trinajstić information content (AvgIpc) is 3.58. The third-order valence-corrected chi connectivity index (χ3v) is 12.5. The first-order valence-electron chi connectivity index (χ1n) is 15.7. The molecule has 2 amide bonds. The second-order valence-electron chi connectivity index (χ2n) is 12.2. The lowest BCUT2D eigenvalue weighted by atomic mass is 10.1. The summed E-state index contributed by atoms with van der Waals surface area (Å²) in [6, 6.07) is 14.2. The average molecular weight is 785 g/mol. The van der Waals surface area contributed by atoms with Gasteiger partial charge >= 0.3 is 12.4 Å². The van der Waals surface area contributed by atoms with E-state index in [2.05, 4.69) is 0 Å². The number of amides is 2. The highest BCUT2D eigenvalue weighted by atomic mass is 32.2. The minimum Gasteiger partial charge on any atom is -0.366 e. The van der Waals surface area contributed by atoms with Gasteiger partial charge in [0.15, 0.2) is 0 Å².